The van der Waals surface area contributed by atoms with Crippen LogP contribution in [0.5, 0.6) is 0 Å². The lowest BCUT2D eigenvalue weighted by Gasteiger charge is -2.32. The number of nitrogens with one attached hydrogen (secondary N) is 1. The van der Waals surface area contributed by atoms with E-state index in [1.165, 1.54) is 16.8 Å². The van der Waals surface area contributed by atoms with Crippen molar-refractivity contribution in [2.75, 3.05) is 6.61 Å². The third-order valence-corrected chi connectivity index (χ3v) is 6.24. The molecule has 4 rings (SSSR count). The zero-order valence-electron chi connectivity index (χ0n) is 16.4. The summed E-state index contributed by atoms with van der Waals surface area (Å²) in [6.07, 6.45) is 9.75. The van der Waals surface area contributed by atoms with Gasteiger partial charge in [-0.05, 0) is 74.5 Å². The van der Waals surface area contributed by atoms with Gasteiger partial charge in [-0.1, -0.05) is 13.0 Å². The summed E-state index contributed by atoms with van der Waals surface area (Å²) in [5, 5.41) is 13.0. The Kier molecular flexibility index (Phi) is 5.60. The second kappa shape index (κ2) is 8.11. The van der Waals surface area contributed by atoms with E-state index in [2.05, 4.69) is 35.6 Å². The fourth-order valence-corrected chi connectivity index (χ4v) is 4.28. The first-order chi connectivity index (χ1) is 13.1. The lowest BCUT2D eigenvalue weighted by Crippen LogP contribution is -2.33. The number of aliphatic hydroxyl groups is 1. The Labute approximate surface area is 162 Å². The molecule has 2 saturated carbocycles. The molecule has 2 heterocycles. The van der Waals surface area contributed by atoms with E-state index >= 15 is 0 Å². The molecule has 0 amide bonds. The minimum atomic E-state index is -0.178. The first-order valence-corrected chi connectivity index (χ1v) is 10.4. The van der Waals surface area contributed by atoms with Crippen molar-refractivity contribution >= 4 is 5.84 Å². The van der Waals surface area contributed by atoms with Crippen molar-refractivity contribution in [3.63, 3.8) is 0 Å². The summed E-state index contributed by atoms with van der Waals surface area (Å²) in [5.74, 6) is 2.44. The number of nitrogens with zero attached hydrogens (tertiary/aromatic N) is 2. The summed E-state index contributed by atoms with van der Waals surface area (Å²) in [6, 6.07) is 4.37. The number of aliphatic imine (C=N–C) groups is 1. The van der Waals surface area contributed by atoms with Gasteiger partial charge >= 0.3 is 0 Å². The minimum absolute atomic E-state index is 0.137. The van der Waals surface area contributed by atoms with Crippen LogP contribution in [-0.4, -0.2) is 34.9 Å². The number of hydrogen-bond acceptors (Lipinski definition) is 5. The quantitative estimate of drug-likeness (QED) is 0.805. The van der Waals surface area contributed by atoms with Crippen molar-refractivity contribution in [3.8, 4) is 0 Å². The Morgan fingerprint density at radius 1 is 1.22 bits per heavy atom. The molecule has 27 heavy (non-hydrogen) atoms. The molecule has 5 heteroatoms. The molecule has 2 aliphatic carbocycles. The van der Waals surface area contributed by atoms with Crippen LogP contribution in [0.15, 0.2) is 35.1 Å². The number of aryl methyl sites for hydroxylation is 1. The Hall–Kier alpha value is -1.72. The van der Waals surface area contributed by atoms with Gasteiger partial charge in [-0.15, -0.1) is 0 Å². The van der Waals surface area contributed by atoms with Gasteiger partial charge in [-0.25, -0.2) is 4.99 Å². The molecule has 1 aromatic heterocycles. The zero-order valence-corrected chi connectivity index (χ0v) is 16.4. The van der Waals surface area contributed by atoms with Gasteiger partial charge < -0.3 is 15.2 Å². The van der Waals surface area contributed by atoms with Gasteiger partial charge in [0.05, 0.1) is 12.7 Å². The highest BCUT2D eigenvalue weighted by Gasteiger charge is 2.40. The van der Waals surface area contributed by atoms with E-state index in [1.807, 2.05) is 13.1 Å². The number of amidine groups is 1. The van der Waals surface area contributed by atoms with Crippen LogP contribution in [0.2, 0.25) is 0 Å². The van der Waals surface area contributed by atoms with Gasteiger partial charge in [0.2, 0.25) is 0 Å². The summed E-state index contributed by atoms with van der Waals surface area (Å²) in [5.41, 5.74) is 3.73. The smallest absolute Gasteiger partial charge is 0.174 e. The van der Waals surface area contributed by atoms with Crippen LogP contribution < -0.4 is 5.32 Å². The maximum Gasteiger partial charge on any atom is 0.174 e. The van der Waals surface area contributed by atoms with E-state index in [9.17, 15) is 5.11 Å². The highest BCUT2D eigenvalue weighted by Crippen LogP contribution is 2.47. The van der Waals surface area contributed by atoms with E-state index < -0.39 is 0 Å². The standard InChI is InChI=1S/C22H31N3O2/c1-3-15-4-9-21(24-11-15)19-10-17(19)13-27-22-20(12-23-14(2)25-22)16-5-7-18(26)8-6-16/h4,9,11-12,16-19,22,26H,3,5-8,10,13H2,1-2H3,(H,23,25). The Morgan fingerprint density at radius 3 is 2.74 bits per heavy atom. The van der Waals surface area contributed by atoms with E-state index in [1.54, 1.807) is 0 Å². The number of pyridine rings is 1. The highest BCUT2D eigenvalue weighted by atomic mass is 16.5. The lowest BCUT2D eigenvalue weighted by molar-refractivity contribution is 0.0562. The second-order valence-corrected chi connectivity index (χ2v) is 8.24. The molecular weight excluding hydrogens is 338 g/mol. The minimum Gasteiger partial charge on any atom is -0.393 e. The average Bonchev–Trinajstić information content (AvgIpc) is 3.47. The van der Waals surface area contributed by atoms with Crippen LogP contribution in [0.3, 0.4) is 0 Å². The van der Waals surface area contributed by atoms with Crippen molar-refractivity contribution in [3.05, 3.63) is 41.4 Å². The normalized spacial score (nSPS) is 33.1. The molecule has 0 bridgehead atoms. The molecule has 1 aliphatic heterocycles. The summed E-state index contributed by atoms with van der Waals surface area (Å²) < 4.78 is 6.28. The predicted octanol–water partition coefficient (Wildman–Crippen LogP) is 3.55. The molecule has 0 radical (unpaired) electrons. The van der Waals surface area contributed by atoms with Crippen molar-refractivity contribution in [1.82, 2.24) is 10.3 Å². The van der Waals surface area contributed by atoms with Gasteiger partial charge in [0.15, 0.2) is 6.23 Å². The molecule has 3 atom stereocenters. The van der Waals surface area contributed by atoms with Crippen LogP contribution in [0.4, 0.5) is 0 Å². The van der Waals surface area contributed by atoms with E-state index in [4.69, 9.17) is 9.73 Å². The maximum atomic E-state index is 9.79. The van der Waals surface area contributed by atoms with Crippen LogP contribution in [0.25, 0.3) is 0 Å². The number of hydrogen-bond donors (Lipinski definition) is 2. The van der Waals surface area contributed by atoms with E-state index in [-0.39, 0.29) is 12.3 Å². The molecule has 146 valence electrons. The van der Waals surface area contributed by atoms with Crippen molar-refractivity contribution in [1.29, 1.82) is 0 Å². The fourth-order valence-electron chi connectivity index (χ4n) is 4.28. The molecule has 3 aliphatic rings. The monoisotopic (exact) mass is 369 g/mol. The van der Waals surface area contributed by atoms with Crippen molar-refractivity contribution < 1.29 is 9.84 Å². The SMILES string of the molecule is CCc1ccc(C2CC2COC2N=C(C)NC=C2C2CCC(O)CC2)nc1. The van der Waals surface area contributed by atoms with Crippen LogP contribution >= 0.6 is 0 Å². The predicted molar refractivity (Wildman–Crippen MR) is 106 cm³/mol. The second-order valence-electron chi connectivity index (χ2n) is 8.24. The summed E-state index contributed by atoms with van der Waals surface area (Å²) in [6.45, 7) is 4.87. The van der Waals surface area contributed by atoms with E-state index in [0.29, 0.717) is 17.8 Å². The van der Waals surface area contributed by atoms with Gasteiger partial charge in [-0.2, -0.15) is 0 Å². The molecule has 0 aromatic carbocycles. The third-order valence-electron chi connectivity index (χ3n) is 6.24. The maximum absolute atomic E-state index is 9.79. The Morgan fingerprint density at radius 2 is 2.04 bits per heavy atom. The molecule has 2 N–H and O–H groups in total. The topological polar surface area (TPSA) is 66.7 Å². The van der Waals surface area contributed by atoms with Crippen molar-refractivity contribution in [2.24, 2.45) is 16.8 Å². The molecule has 5 nitrogen and oxygen atoms in total. The Bertz CT molecular complexity index is 705. The fraction of sp³-hybridized carbons (Fsp3) is 0.636. The summed E-state index contributed by atoms with van der Waals surface area (Å²) in [4.78, 5) is 9.35. The molecule has 0 saturated heterocycles. The molecule has 2 fully saturated rings. The van der Waals surface area contributed by atoms with Gasteiger partial charge in [0, 0.05) is 24.0 Å². The average molecular weight is 370 g/mol. The lowest BCUT2D eigenvalue weighted by atomic mass is 9.82. The first kappa shape index (κ1) is 18.6. The van der Waals surface area contributed by atoms with Crippen LogP contribution in [0, 0.1) is 11.8 Å². The largest absolute Gasteiger partial charge is 0.393 e. The molecule has 0 spiro atoms. The summed E-state index contributed by atoms with van der Waals surface area (Å²) in [7, 11) is 0. The Balaban J connectivity index is 1.33. The van der Waals surface area contributed by atoms with Gasteiger partial charge in [0.1, 0.15) is 5.84 Å². The third kappa shape index (κ3) is 4.41. The zero-order chi connectivity index (χ0) is 18.8. The molecule has 1 aromatic rings. The number of rotatable bonds is 6. The highest BCUT2D eigenvalue weighted by molar-refractivity contribution is 5.81. The van der Waals surface area contributed by atoms with Gasteiger partial charge in [0.25, 0.3) is 0 Å². The van der Waals surface area contributed by atoms with Crippen molar-refractivity contribution in [2.45, 2.75) is 70.6 Å². The number of ether oxygens (including phenoxy) is 1. The number of aromatic nitrogens is 1. The van der Waals surface area contributed by atoms with E-state index in [0.717, 1.165) is 51.0 Å². The molecule has 3 unspecified atom stereocenters. The van der Waals surface area contributed by atoms with Crippen LogP contribution in [-0.2, 0) is 11.2 Å². The molecular formula is C22H31N3O2. The van der Waals surface area contributed by atoms with Crippen LogP contribution in [0.1, 0.15) is 63.1 Å². The van der Waals surface area contributed by atoms with Gasteiger partial charge in [-0.3, -0.25) is 4.98 Å². The first-order valence-electron chi connectivity index (χ1n) is 10.4. The number of aliphatic hydroxyl groups excluding tert-OH is 1. The summed E-state index contributed by atoms with van der Waals surface area (Å²) >= 11 is 0.